The van der Waals surface area contributed by atoms with Crippen LogP contribution in [0.2, 0.25) is 5.15 Å². The zero-order chi connectivity index (χ0) is 17.1. The molecule has 2 rings (SSSR count). The molecule has 0 saturated carbocycles. The molecule has 0 aliphatic rings. The van der Waals surface area contributed by atoms with Gasteiger partial charge < -0.3 is 10.4 Å². The summed E-state index contributed by atoms with van der Waals surface area (Å²) in [6.45, 7) is 3.47. The summed E-state index contributed by atoms with van der Waals surface area (Å²) in [5.74, 6) is -0.643. The molecule has 0 fully saturated rings. The predicted molar refractivity (Wildman–Crippen MR) is 85.6 cm³/mol. The Bertz CT molecular complexity index is 700. The Morgan fingerprint density at radius 3 is 2.57 bits per heavy atom. The lowest BCUT2D eigenvalue weighted by atomic mass is 10.0. The fourth-order valence-electron chi connectivity index (χ4n) is 2.37. The number of hydrogen-bond donors (Lipinski definition) is 2. The topological polar surface area (TPSA) is 67.2 Å². The molecule has 2 unspecified atom stereocenters. The van der Waals surface area contributed by atoms with Gasteiger partial charge >= 0.3 is 0 Å². The van der Waals surface area contributed by atoms with Crippen LogP contribution in [0.5, 0.6) is 0 Å². The number of rotatable bonds is 5. The molecule has 1 aromatic carbocycles. The molecule has 1 aromatic heterocycles. The summed E-state index contributed by atoms with van der Waals surface area (Å²) in [4.78, 5) is 12.1. The first-order valence-corrected chi connectivity index (χ1v) is 7.58. The van der Waals surface area contributed by atoms with Gasteiger partial charge in [0.05, 0.1) is 24.3 Å². The van der Waals surface area contributed by atoms with E-state index in [0.29, 0.717) is 22.0 Å². The number of amides is 1. The monoisotopic (exact) mass is 339 g/mol. The van der Waals surface area contributed by atoms with E-state index < -0.39 is 12.1 Å². The van der Waals surface area contributed by atoms with Crippen molar-refractivity contribution in [1.29, 1.82) is 0 Å². The Kier molecular flexibility index (Phi) is 5.38. The third-order valence-electron chi connectivity index (χ3n) is 3.68. The number of benzene rings is 1. The highest BCUT2D eigenvalue weighted by Gasteiger charge is 2.20. The van der Waals surface area contributed by atoms with Crippen LogP contribution >= 0.6 is 11.6 Å². The Morgan fingerprint density at radius 1 is 1.43 bits per heavy atom. The molecular formula is C16H19ClFN3O2. The van der Waals surface area contributed by atoms with Gasteiger partial charge in [-0.25, -0.2) is 4.39 Å². The van der Waals surface area contributed by atoms with Crippen molar-refractivity contribution in [1.82, 2.24) is 15.1 Å². The van der Waals surface area contributed by atoms with Crippen LogP contribution in [-0.2, 0) is 18.3 Å². The molecule has 1 amide bonds. The van der Waals surface area contributed by atoms with Crippen LogP contribution in [0.4, 0.5) is 4.39 Å². The van der Waals surface area contributed by atoms with E-state index in [2.05, 4.69) is 10.4 Å². The molecule has 5 nitrogen and oxygen atoms in total. The minimum atomic E-state index is -0.926. The highest BCUT2D eigenvalue weighted by atomic mass is 35.5. The second-order valence-electron chi connectivity index (χ2n) is 5.51. The number of aromatic nitrogens is 2. The predicted octanol–water partition coefficient (Wildman–Crippen LogP) is 2.30. The second kappa shape index (κ2) is 7.10. The molecule has 0 aliphatic heterocycles. The van der Waals surface area contributed by atoms with Crippen molar-refractivity contribution in [3.05, 3.63) is 52.1 Å². The molecule has 2 atom stereocenters. The number of aliphatic hydroxyl groups is 1. The molecule has 23 heavy (non-hydrogen) atoms. The van der Waals surface area contributed by atoms with E-state index in [1.807, 2.05) is 0 Å². The van der Waals surface area contributed by atoms with Gasteiger partial charge in [-0.1, -0.05) is 23.7 Å². The minimum Gasteiger partial charge on any atom is -0.386 e. The van der Waals surface area contributed by atoms with Gasteiger partial charge in [0, 0.05) is 12.6 Å². The number of halogens is 2. The maximum absolute atomic E-state index is 12.9. The fourth-order valence-corrected chi connectivity index (χ4v) is 2.61. The highest BCUT2D eigenvalue weighted by molar-refractivity contribution is 6.30. The highest BCUT2D eigenvalue weighted by Crippen LogP contribution is 2.20. The summed E-state index contributed by atoms with van der Waals surface area (Å²) < 4.78 is 14.4. The first kappa shape index (κ1) is 17.4. The Labute approximate surface area is 139 Å². The third-order valence-corrected chi connectivity index (χ3v) is 4.15. The van der Waals surface area contributed by atoms with E-state index in [1.165, 1.54) is 28.9 Å². The van der Waals surface area contributed by atoms with Crippen molar-refractivity contribution in [2.75, 3.05) is 0 Å². The molecule has 0 bridgehead atoms. The molecule has 0 spiro atoms. The first-order valence-electron chi connectivity index (χ1n) is 7.20. The van der Waals surface area contributed by atoms with Crippen LogP contribution in [0.3, 0.4) is 0 Å². The van der Waals surface area contributed by atoms with Crippen LogP contribution in [0.15, 0.2) is 24.3 Å². The Hall–Kier alpha value is -1.92. The summed E-state index contributed by atoms with van der Waals surface area (Å²) in [7, 11) is 1.71. The van der Waals surface area contributed by atoms with E-state index in [9.17, 15) is 14.3 Å². The zero-order valence-corrected chi connectivity index (χ0v) is 13.9. The summed E-state index contributed by atoms with van der Waals surface area (Å²) in [6.07, 6.45) is -0.844. The van der Waals surface area contributed by atoms with E-state index in [-0.39, 0.29) is 18.1 Å². The lowest BCUT2D eigenvalue weighted by molar-refractivity contribution is -0.121. The van der Waals surface area contributed by atoms with Gasteiger partial charge in [0.2, 0.25) is 5.91 Å². The minimum absolute atomic E-state index is 0.0823. The van der Waals surface area contributed by atoms with E-state index in [4.69, 9.17) is 11.6 Å². The smallest absolute Gasteiger partial charge is 0.224 e. The van der Waals surface area contributed by atoms with Crippen molar-refractivity contribution in [3.8, 4) is 0 Å². The van der Waals surface area contributed by atoms with E-state index >= 15 is 0 Å². The summed E-state index contributed by atoms with van der Waals surface area (Å²) in [5.41, 5.74) is 1.89. The molecule has 2 N–H and O–H groups in total. The van der Waals surface area contributed by atoms with Gasteiger partial charge in [-0.3, -0.25) is 9.48 Å². The van der Waals surface area contributed by atoms with E-state index in [1.54, 1.807) is 20.9 Å². The summed E-state index contributed by atoms with van der Waals surface area (Å²) in [5, 5.41) is 17.5. The number of nitrogens with zero attached hydrogens (tertiary/aromatic N) is 2. The van der Waals surface area contributed by atoms with Gasteiger partial charge in [-0.05, 0) is 31.5 Å². The Morgan fingerprint density at radius 2 is 2.04 bits per heavy atom. The van der Waals surface area contributed by atoms with Crippen molar-refractivity contribution in [3.63, 3.8) is 0 Å². The van der Waals surface area contributed by atoms with Crippen molar-refractivity contribution < 1.29 is 14.3 Å². The van der Waals surface area contributed by atoms with Crippen LogP contribution in [0.25, 0.3) is 0 Å². The quantitative estimate of drug-likeness (QED) is 0.878. The normalized spacial score (nSPS) is 13.7. The van der Waals surface area contributed by atoms with E-state index in [0.717, 1.165) is 0 Å². The molecule has 124 valence electrons. The molecule has 0 saturated heterocycles. The first-order chi connectivity index (χ1) is 10.8. The van der Waals surface area contributed by atoms with Crippen LogP contribution in [0, 0.1) is 12.7 Å². The standard InChI is InChI=1S/C16H19ClFN3O2/c1-9-13(16(17)21(3)20-9)8-14(22)19-10(2)15(23)11-4-6-12(18)7-5-11/h4-7,10,15,23H,8H2,1-3H3,(H,19,22). The second-order valence-corrected chi connectivity index (χ2v) is 5.87. The summed E-state index contributed by atoms with van der Waals surface area (Å²) >= 11 is 6.10. The number of carbonyl (C=O) groups is 1. The molecule has 2 aromatic rings. The fraction of sp³-hybridized carbons (Fsp3) is 0.375. The maximum Gasteiger partial charge on any atom is 0.224 e. The summed E-state index contributed by atoms with van der Waals surface area (Å²) in [6, 6.07) is 5.00. The lowest BCUT2D eigenvalue weighted by Crippen LogP contribution is -2.38. The number of hydrogen-bond acceptors (Lipinski definition) is 3. The lowest BCUT2D eigenvalue weighted by Gasteiger charge is -2.20. The van der Waals surface area contributed by atoms with Gasteiger partial charge in [0.15, 0.2) is 0 Å². The molecule has 1 heterocycles. The number of carbonyl (C=O) groups excluding carboxylic acids is 1. The molecular weight excluding hydrogens is 321 g/mol. The number of aliphatic hydroxyl groups excluding tert-OH is 1. The average Bonchev–Trinajstić information content (AvgIpc) is 2.73. The van der Waals surface area contributed by atoms with Crippen LogP contribution in [-0.4, -0.2) is 26.8 Å². The average molecular weight is 340 g/mol. The van der Waals surface area contributed by atoms with Crippen molar-refractivity contribution >= 4 is 17.5 Å². The largest absolute Gasteiger partial charge is 0.386 e. The van der Waals surface area contributed by atoms with Crippen molar-refractivity contribution in [2.24, 2.45) is 7.05 Å². The molecule has 0 aliphatic carbocycles. The zero-order valence-electron chi connectivity index (χ0n) is 13.2. The van der Waals surface area contributed by atoms with Gasteiger partial charge in [-0.15, -0.1) is 0 Å². The molecule has 0 radical (unpaired) electrons. The van der Waals surface area contributed by atoms with Crippen LogP contribution in [0.1, 0.15) is 29.8 Å². The number of nitrogens with one attached hydrogen (secondary N) is 1. The Balaban J connectivity index is 2.00. The maximum atomic E-state index is 12.9. The third kappa shape index (κ3) is 4.09. The van der Waals surface area contributed by atoms with Gasteiger partial charge in [-0.2, -0.15) is 5.10 Å². The van der Waals surface area contributed by atoms with Crippen LogP contribution < -0.4 is 5.32 Å². The van der Waals surface area contributed by atoms with Gasteiger partial charge in [0.1, 0.15) is 11.0 Å². The van der Waals surface area contributed by atoms with Gasteiger partial charge in [0.25, 0.3) is 0 Å². The van der Waals surface area contributed by atoms with Crippen molar-refractivity contribution in [2.45, 2.75) is 32.4 Å². The molecule has 7 heteroatoms. The number of aryl methyl sites for hydroxylation is 2. The SMILES string of the molecule is Cc1nn(C)c(Cl)c1CC(=O)NC(C)C(O)c1ccc(F)cc1.